The lowest BCUT2D eigenvalue weighted by Crippen LogP contribution is -2.01. The molecule has 2 rings (SSSR count). The van der Waals surface area contributed by atoms with Crippen molar-refractivity contribution in [2.24, 2.45) is 0 Å². The van der Waals surface area contributed by atoms with Gasteiger partial charge in [-0.2, -0.15) is 0 Å². The van der Waals surface area contributed by atoms with Crippen molar-refractivity contribution >= 4 is 6.29 Å². The molecule has 0 atom stereocenters. The molecule has 0 unspecified atom stereocenters. The largest absolute Gasteiger partial charge is 0.481 e. The summed E-state index contributed by atoms with van der Waals surface area (Å²) in [5.74, 6) is -1.83. The summed E-state index contributed by atoms with van der Waals surface area (Å²) < 4.78 is 36.6. The van der Waals surface area contributed by atoms with Gasteiger partial charge in [-0.15, -0.1) is 0 Å². The average molecular weight is 253 g/mol. The van der Waals surface area contributed by atoms with Gasteiger partial charge in [0.1, 0.15) is 24.3 Å². The number of rotatable bonds is 4. The smallest absolute Gasteiger partial charge is 0.191 e. The quantitative estimate of drug-likeness (QED) is 0.786. The first-order valence-corrected chi connectivity index (χ1v) is 5.09. The van der Waals surface area contributed by atoms with Crippen molar-refractivity contribution in [3.8, 4) is 5.75 Å². The third-order valence-corrected chi connectivity index (χ3v) is 2.20. The molecule has 6 heteroatoms. The normalized spacial score (nSPS) is 10.4. The molecule has 0 radical (unpaired) electrons. The van der Waals surface area contributed by atoms with Crippen molar-refractivity contribution in [1.82, 2.24) is 5.16 Å². The standard InChI is InChI=1S/C12H9F2NO3/c1-7-2-9(15-18-7)6-17-12-10(13)3-8(5-16)4-11(12)14/h2-5H,6H2,1H3. The number of aryl methyl sites for hydroxylation is 1. The van der Waals surface area contributed by atoms with Crippen LogP contribution in [0.5, 0.6) is 5.75 Å². The molecule has 4 nitrogen and oxygen atoms in total. The van der Waals surface area contributed by atoms with Crippen molar-refractivity contribution in [2.45, 2.75) is 13.5 Å². The van der Waals surface area contributed by atoms with Crippen LogP contribution < -0.4 is 4.74 Å². The first-order valence-electron chi connectivity index (χ1n) is 5.09. The lowest BCUT2D eigenvalue weighted by molar-refractivity contribution is 0.112. The van der Waals surface area contributed by atoms with Crippen molar-refractivity contribution in [3.63, 3.8) is 0 Å². The second-order valence-electron chi connectivity index (χ2n) is 3.65. The van der Waals surface area contributed by atoms with Crippen molar-refractivity contribution in [2.75, 3.05) is 0 Å². The topological polar surface area (TPSA) is 52.3 Å². The summed E-state index contributed by atoms with van der Waals surface area (Å²) in [6.07, 6.45) is 0.358. The van der Waals surface area contributed by atoms with Crippen molar-refractivity contribution < 1.29 is 22.8 Å². The van der Waals surface area contributed by atoms with Crippen LogP contribution in [0.3, 0.4) is 0 Å². The van der Waals surface area contributed by atoms with Gasteiger partial charge in [-0.05, 0) is 19.1 Å². The van der Waals surface area contributed by atoms with E-state index in [1.165, 1.54) is 0 Å². The number of carbonyl (C=O) groups excluding carboxylic acids is 1. The number of hydrogen-bond acceptors (Lipinski definition) is 4. The van der Waals surface area contributed by atoms with Gasteiger partial charge in [0.25, 0.3) is 0 Å². The second-order valence-corrected chi connectivity index (χ2v) is 3.65. The van der Waals surface area contributed by atoms with E-state index < -0.39 is 17.4 Å². The Morgan fingerprint density at radius 3 is 2.50 bits per heavy atom. The number of carbonyl (C=O) groups is 1. The summed E-state index contributed by atoms with van der Waals surface area (Å²) in [7, 11) is 0. The molecule has 1 aromatic carbocycles. The fourth-order valence-electron chi connectivity index (χ4n) is 1.42. The molecular weight excluding hydrogens is 244 g/mol. The highest BCUT2D eigenvalue weighted by Gasteiger charge is 2.13. The molecule has 0 bridgehead atoms. The van der Waals surface area contributed by atoms with Crippen molar-refractivity contribution in [3.05, 3.63) is 46.9 Å². The Morgan fingerprint density at radius 1 is 1.33 bits per heavy atom. The Labute approximate surface area is 101 Å². The Bertz CT molecular complexity index is 557. The monoisotopic (exact) mass is 253 g/mol. The Kier molecular flexibility index (Phi) is 3.36. The highest BCUT2D eigenvalue weighted by Crippen LogP contribution is 2.23. The van der Waals surface area contributed by atoms with E-state index in [1.54, 1.807) is 13.0 Å². The molecule has 2 aromatic rings. The summed E-state index contributed by atoms with van der Waals surface area (Å²) in [5, 5.41) is 3.62. The summed E-state index contributed by atoms with van der Waals surface area (Å²) in [4.78, 5) is 10.4. The van der Waals surface area contributed by atoms with Crippen LogP contribution in [0.2, 0.25) is 0 Å². The molecule has 0 fully saturated rings. The molecule has 0 N–H and O–H groups in total. The molecule has 0 aliphatic rings. The molecule has 94 valence electrons. The number of halogens is 2. The maximum Gasteiger partial charge on any atom is 0.191 e. The molecule has 0 aliphatic carbocycles. The van der Waals surface area contributed by atoms with Gasteiger partial charge in [-0.3, -0.25) is 4.79 Å². The number of aromatic nitrogens is 1. The zero-order chi connectivity index (χ0) is 13.1. The van der Waals surface area contributed by atoms with Crippen LogP contribution in [-0.4, -0.2) is 11.4 Å². The molecule has 0 spiro atoms. The van der Waals surface area contributed by atoms with Crippen LogP contribution in [0.25, 0.3) is 0 Å². The molecule has 18 heavy (non-hydrogen) atoms. The van der Waals surface area contributed by atoms with Crippen LogP contribution in [0, 0.1) is 18.6 Å². The van der Waals surface area contributed by atoms with Gasteiger partial charge in [-0.1, -0.05) is 5.16 Å². The Hall–Kier alpha value is -2.24. The molecule has 0 saturated heterocycles. The third-order valence-electron chi connectivity index (χ3n) is 2.20. The van der Waals surface area contributed by atoms with Crippen LogP contribution in [0.4, 0.5) is 8.78 Å². The third kappa shape index (κ3) is 2.53. The minimum atomic E-state index is -0.933. The predicted octanol–water partition coefficient (Wildman–Crippen LogP) is 2.65. The first kappa shape index (κ1) is 12.2. The van der Waals surface area contributed by atoms with E-state index in [2.05, 4.69) is 5.16 Å². The zero-order valence-corrected chi connectivity index (χ0v) is 9.44. The number of hydrogen-bond donors (Lipinski definition) is 0. The van der Waals surface area contributed by atoms with E-state index in [-0.39, 0.29) is 12.2 Å². The Balaban J connectivity index is 2.16. The highest BCUT2D eigenvalue weighted by atomic mass is 19.1. The van der Waals surface area contributed by atoms with E-state index in [0.29, 0.717) is 17.7 Å². The van der Waals surface area contributed by atoms with Gasteiger partial charge >= 0.3 is 0 Å². The lowest BCUT2D eigenvalue weighted by Gasteiger charge is -2.06. The van der Waals surface area contributed by atoms with Gasteiger partial charge in [0.2, 0.25) is 0 Å². The highest BCUT2D eigenvalue weighted by molar-refractivity contribution is 5.75. The Morgan fingerprint density at radius 2 is 2.00 bits per heavy atom. The number of nitrogens with zero attached hydrogens (tertiary/aromatic N) is 1. The van der Waals surface area contributed by atoms with E-state index in [1.807, 2.05) is 0 Å². The SMILES string of the molecule is Cc1cc(COc2c(F)cc(C=O)cc2F)no1. The predicted molar refractivity (Wildman–Crippen MR) is 57.3 cm³/mol. The van der Waals surface area contributed by atoms with E-state index in [4.69, 9.17) is 9.26 Å². The fourth-order valence-corrected chi connectivity index (χ4v) is 1.42. The average Bonchev–Trinajstić information content (AvgIpc) is 2.73. The van der Waals surface area contributed by atoms with Gasteiger partial charge in [0.05, 0.1) is 0 Å². The number of aldehydes is 1. The maximum atomic E-state index is 13.4. The van der Waals surface area contributed by atoms with Gasteiger partial charge in [0, 0.05) is 11.6 Å². The van der Waals surface area contributed by atoms with E-state index in [0.717, 1.165) is 12.1 Å². The number of benzene rings is 1. The number of ether oxygens (including phenoxy) is 1. The molecule has 0 amide bonds. The maximum absolute atomic E-state index is 13.4. The lowest BCUT2D eigenvalue weighted by atomic mass is 10.2. The summed E-state index contributed by atoms with van der Waals surface area (Å²) >= 11 is 0. The second kappa shape index (κ2) is 4.95. The van der Waals surface area contributed by atoms with Crippen LogP contribution in [-0.2, 0) is 6.61 Å². The molecule has 0 aliphatic heterocycles. The first-order chi connectivity index (χ1) is 8.60. The summed E-state index contributed by atoms with van der Waals surface area (Å²) in [6.45, 7) is 1.57. The zero-order valence-electron chi connectivity index (χ0n) is 9.44. The molecule has 1 heterocycles. The molecule has 0 saturated carbocycles. The molecule has 1 aromatic heterocycles. The van der Waals surface area contributed by atoms with Crippen LogP contribution in [0.15, 0.2) is 22.7 Å². The van der Waals surface area contributed by atoms with Gasteiger partial charge < -0.3 is 9.26 Å². The van der Waals surface area contributed by atoms with E-state index >= 15 is 0 Å². The molecular formula is C12H9F2NO3. The van der Waals surface area contributed by atoms with Crippen molar-refractivity contribution in [1.29, 1.82) is 0 Å². The van der Waals surface area contributed by atoms with Crippen LogP contribution in [0.1, 0.15) is 21.8 Å². The summed E-state index contributed by atoms with van der Waals surface area (Å²) in [5.41, 5.74) is 0.334. The van der Waals surface area contributed by atoms with Gasteiger partial charge in [0.15, 0.2) is 17.4 Å². The van der Waals surface area contributed by atoms with Gasteiger partial charge in [-0.25, -0.2) is 8.78 Å². The minimum absolute atomic E-state index is 0.0883. The van der Waals surface area contributed by atoms with Crippen LogP contribution >= 0.6 is 0 Å². The minimum Gasteiger partial charge on any atom is -0.481 e. The fraction of sp³-hybridized carbons (Fsp3) is 0.167. The van der Waals surface area contributed by atoms with E-state index in [9.17, 15) is 13.6 Å². The summed E-state index contributed by atoms with van der Waals surface area (Å²) in [6, 6.07) is 3.40.